The first kappa shape index (κ1) is 15.8. The molecule has 5 heteroatoms. The van der Waals surface area contributed by atoms with Gasteiger partial charge in [0.1, 0.15) is 0 Å². The van der Waals surface area contributed by atoms with Gasteiger partial charge in [-0.1, -0.05) is 15.9 Å². The van der Waals surface area contributed by atoms with Gasteiger partial charge in [-0.2, -0.15) is 0 Å². The van der Waals surface area contributed by atoms with Crippen molar-refractivity contribution in [3.63, 3.8) is 0 Å². The predicted molar refractivity (Wildman–Crippen MR) is 79.4 cm³/mol. The first-order valence-electron chi connectivity index (χ1n) is 5.77. The molecule has 0 saturated heterocycles. The summed E-state index contributed by atoms with van der Waals surface area (Å²) in [6, 6.07) is 7.61. The third-order valence-electron chi connectivity index (χ3n) is 3.11. The summed E-state index contributed by atoms with van der Waals surface area (Å²) in [5.41, 5.74) is -0.347. The fourth-order valence-electron chi connectivity index (χ4n) is 1.61. The molecule has 1 aromatic carbocycles. The first-order valence-corrected chi connectivity index (χ1v) is 7.88. The molecular weight excluding hydrogens is 314 g/mol. The summed E-state index contributed by atoms with van der Waals surface area (Å²) in [7, 11) is 2.51. The van der Waals surface area contributed by atoms with Crippen LogP contribution in [-0.2, 0) is 15.5 Å². The lowest BCUT2D eigenvalue weighted by Crippen LogP contribution is -2.49. The van der Waals surface area contributed by atoms with Gasteiger partial charge in [-0.05, 0) is 45.2 Å². The van der Waals surface area contributed by atoms with E-state index in [-0.39, 0.29) is 11.6 Å². The van der Waals surface area contributed by atoms with Crippen LogP contribution in [0.2, 0.25) is 0 Å². The number of rotatable bonds is 6. The molecule has 0 radical (unpaired) electrons. The van der Waals surface area contributed by atoms with Crippen molar-refractivity contribution in [3.8, 4) is 0 Å². The van der Waals surface area contributed by atoms with E-state index < -0.39 is 10.8 Å². The molecule has 3 nitrogen and oxygen atoms in total. The molecule has 0 aromatic heterocycles. The fourth-order valence-corrected chi connectivity index (χ4v) is 3.38. The second-order valence-electron chi connectivity index (χ2n) is 4.61. The number of ether oxygens (including phenoxy) is 1. The lowest BCUT2D eigenvalue weighted by molar-refractivity contribution is -0.00179. The van der Waals surface area contributed by atoms with Crippen molar-refractivity contribution in [2.45, 2.75) is 30.4 Å². The molecule has 0 heterocycles. The predicted octanol–water partition coefficient (Wildman–Crippen LogP) is 2.57. The summed E-state index contributed by atoms with van der Waals surface area (Å²) in [6.07, 6.45) is 0. The first-order chi connectivity index (χ1) is 8.40. The standard InChI is InChI=1S/C13H20BrNO2S/c1-13(2,17-4)12(15-3)9-18(16)11-7-5-10(14)6-8-11/h5-8,12,15H,9H2,1-4H3. The lowest BCUT2D eigenvalue weighted by atomic mass is 10.0. The average Bonchev–Trinajstić information content (AvgIpc) is 2.36. The zero-order valence-electron chi connectivity index (χ0n) is 11.2. The fraction of sp³-hybridized carbons (Fsp3) is 0.538. The van der Waals surface area contributed by atoms with Crippen LogP contribution >= 0.6 is 15.9 Å². The highest BCUT2D eigenvalue weighted by Gasteiger charge is 2.29. The molecule has 0 aliphatic carbocycles. The van der Waals surface area contributed by atoms with Gasteiger partial charge in [-0.25, -0.2) is 0 Å². The van der Waals surface area contributed by atoms with Gasteiger partial charge in [-0.15, -0.1) is 0 Å². The van der Waals surface area contributed by atoms with Gasteiger partial charge >= 0.3 is 0 Å². The van der Waals surface area contributed by atoms with Gasteiger partial charge in [0, 0.05) is 28.3 Å². The normalized spacial score (nSPS) is 15.4. The molecule has 0 aliphatic heterocycles. The van der Waals surface area contributed by atoms with E-state index >= 15 is 0 Å². The number of halogens is 1. The molecule has 1 N–H and O–H groups in total. The highest BCUT2D eigenvalue weighted by molar-refractivity contribution is 9.10. The summed E-state index contributed by atoms with van der Waals surface area (Å²) in [5.74, 6) is 0.527. The average molecular weight is 334 g/mol. The molecule has 0 fully saturated rings. The van der Waals surface area contributed by atoms with Crippen LogP contribution in [-0.4, -0.2) is 35.8 Å². The van der Waals surface area contributed by atoms with E-state index in [0.29, 0.717) is 5.75 Å². The second-order valence-corrected chi connectivity index (χ2v) is 7.03. The molecule has 2 atom stereocenters. The maximum Gasteiger partial charge on any atom is 0.0784 e. The maximum absolute atomic E-state index is 12.3. The Bertz CT molecular complexity index is 406. The van der Waals surface area contributed by atoms with Crippen LogP contribution < -0.4 is 5.32 Å². The third-order valence-corrected chi connectivity index (χ3v) is 5.07. The van der Waals surface area contributed by atoms with Gasteiger partial charge in [0.25, 0.3) is 0 Å². The van der Waals surface area contributed by atoms with Crippen LogP contribution in [0.4, 0.5) is 0 Å². The summed E-state index contributed by atoms with van der Waals surface area (Å²) < 4.78 is 18.7. The van der Waals surface area contributed by atoms with Gasteiger partial charge in [0.15, 0.2) is 0 Å². The van der Waals surface area contributed by atoms with Crippen LogP contribution in [0.1, 0.15) is 13.8 Å². The zero-order chi connectivity index (χ0) is 13.8. The number of hydrogen-bond acceptors (Lipinski definition) is 3. The largest absolute Gasteiger partial charge is 0.377 e. The Kier molecular flexibility index (Phi) is 5.98. The number of hydrogen-bond donors (Lipinski definition) is 1. The van der Waals surface area contributed by atoms with Crippen molar-refractivity contribution in [1.29, 1.82) is 0 Å². The summed E-state index contributed by atoms with van der Waals surface area (Å²) in [4.78, 5) is 0.838. The minimum absolute atomic E-state index is 0.0342. The monoisotopic (exact) mass is 333 g/mol. The highest BCUT2D eigenvalue weighted by atomic mass is 79.9. The van der Waals surface area contributed by atoms with Crippen LogP contribution in [0, 0.1) is 0 Å². The van der Waals surface area contributed by atoms with E-state index in [2.05, 4.69) is 21.2 Å². The van der Waals surface area contributed by atoms with E-state index in [4.69, 9.17) is 4.74 Å². The summed E-state index contributed by atoms with van der Waals surface area (Å²) in [6.45, 7) is 3.99. The summed E-state index contributed by atoms with van der Waals surface area (Å²) in [5, 5.41) is 3.18. The Morgan fingerprint density at radius 3 is 2.39 bits per heavy atom. The lowest BCUT2D eigenvalue weighted by Gasteiger charge is -2.32. The maximum atomic E-state index is 12.3. The zero-order valence-corrected chi connectivity index (χ0v) is 13.6. The summed E-state index contributed by atoms with van der Waals surface area (Å²) >= 11 is 3.37. The Morgan fingerprint density at radius 2 is 1.94 bits per heavy atom. The molecule has 0 spiro atoms. The minimum atomic E-state index is -1.03. The molecule has 18 heavy (non-hydrogen) atoms. The molecule has 0 aliphatic rings. The van der Waals surface area contributed by atoms with E-state index in [1.165, 1.54) is 0 Å². The Balaban J connectivity index is 2.77. The van der Waals surface area contributed by atoms with E-state index in [1.807, 2.05) is 45.2 Å². The van der Waals surface area contributed by atoms with Crippen LogP contribution in [0.5, 0.6) is 0 Å². The van der Waals surface area contributed by atoms with E-state index in [0.717, 1.165) is 9.37 Å². The number of benzene rings is 1. The third kappa shape index (κ3) is 4.16. The molecule has 0 saturated carbocycles. The Labute approximate surface area is 120 Å². The minimum Gasteiger partial charge on any atom is -0.377 e. The van der Waals surface area contributed by atoms with Gasteiger partial charge in [-0.3, -0.25) is 4.21 Å². The topological polar surface area (TPSA) is 38.3 Å². The van der Waals surface area contributed by atoms with Crippen molar-refractivity contribution < 1.29 is 8.95 Å². The number of likely N-dealkylation sites (N-methyl/N-ethyl adjacent to an activating group) is 1. The van der Waals surface area contributed by atoms with Gasteiger partial charge in [0.05, 0.1) is 16.4 Å². The Morgan fingerprint density at radius 1 is 1.39 bits per heavy atom. The molecular formula is C13H20BrNO2S. The van der Waals surface area contributed by atoms with E-state index in [9.17, 15) is 4.21 Å². The van der Waals surface area contributed by atoms with Crippen molar-refractivity contribution in [2.24, 2.45) is 0 Å². The van der Waals surface area contributed by atoms with Crippen molar-refractivity contribution in [2.75, 3.05) is 19.9 Å². The van der Waals surface area contributed by atoms with Crippen molar-refractivity contribution in [3.05, 3.63) is 28.7 Å². The second kappa shape index (κ2) is 6.80. The molecule has 0 amide bonds. The number of methoxy groups -OCH3 is 1. The van der Waals surface area contributed by atoms with Gasteiger partial charge < -0.3 is 10.1 Å². The number of nitrogens with one attached hydrogen (secondary N) is 1. The molecule has 102 valence electrons. The van der Waals surface area contributed by atoms with Gasteiger partial charge in [0.2, 0.25) is 0 Å². The molecule has 1 rings (SSSR count). The van der Waals surface area contributed by atoms with Crippen LogP contribution in [0.15, 0.2) is 33.6 Å². The van der Waals surface area contributed by atoms with E-state index in [1.54, 1.807) is 7.11 Å². The SMILES string of the molecule is CNC(CS(=O)c1ccc(Br)cc1)C(C)(C)OC. The Hall–Kier alpha value is -0.230. The van der Waals surface area contributed by atoms with Crippen LogP contribution in [0.25, 0.3) is 0 Å². The highest BCUT2D eigenvalue weighted by Crippen LogP contribution is 2.18. The van der Waals surface area contributed by atoms with Crippen LogP contribution in [0.3, 0.4) is 0 Å². The molecule has 2 unspecified atom stereocenters. The van der Waals surface area contributed by atoms with Crippen molar-refractivity contribution >= 4 is 26.7 Å². The smallest absolute Gasteiger partial charge is 0.0784 e. The quantitative estimate of drug-likeness (QED) is 0.869. The van der Waals surface area contributed by atoms with Crippen molar-refractivity contribution in [1.82, 2.24) is 5.32 Å². The molecule has 1 aromatic rings. The molecule has 0 bridgehead atoms.